The van der Waals surface area contributed by atoms with Crippen LogP contribution in [0.25, 0.3) is 0 Å². The monoisotopic (exact) mass is 272 g/mol. The van der Waals surface area contributed by atoms with Gasteiger partial charge in [0.05, 0.1) is 25.0 Å². The average molecular weight is 272 g/mol. The lowest BCUT2D eigenvalue weighted by Crippen LogP contribution is -2.20. The molecule has 1 aromatic rings. The molecule has 0 aliphatic rings. The van der Waals surface area contributed by atoms with Gasteiger partial charge >= 0.3 is 5.97 Å². The molecule has 0 saturated heterocycles. The van der Waals surface area contributed by atoms with Crippen LogP contribution in [0.4, 0.5) is 5.69 Å². The van der Waals surface area contributed by atoms with Crippen molar-refractivity contribution in [3.63, 3.8) is 0 Å². The summed E-state index contributed by atoms with van der Waals surface area (Å²) in [5.41, 5.74) is 6.63. The van der Waals surface area contributed by atoms with Gasteiger partial charge in [0.15, 0.2) is 0 Å². The maximum atomic E-state index is 11.7. The molecule has 0 saturated carbocycles. The molecule has 1 rings (SSSR count). The van der Waals surface area contributed by atoms with Crippen molar-refractivity contribution in [1.29, 1.82) is 0 Å². The van der Waals surface area contributed by atoms with E-state index in [2.05, 4.69) is 9.46 Å². The Morgan fingerprint density at radius 3 is 2.67 bits per heavy atom. The molecule has 100 valence electrons. The quantitative estimate of drug-likeness (QED) is 0.733. The number of rotatable bonds is 6. The molecule has 0 spiro atoms. The summed E-state index contributed by atoms with van der Waals surface area (Å²) in [5, 5.41) is 0. The number of benzene rings is 1. The van der Waals surface area contributed by atoms with E-state index in [0.29, 0.717) is 11.3 Å². The first kappa shape index (κ1) is 14.5. The fourth-order valence-electron chi connectivity index (χ4n) is 1.34. The SMILES string of the molecule is COC(=O)CCS(=O)(=O)Nc1ccccc1CN. The molecule has 0 radical (unpaired) electrons. The number of carbonyl (C=O) groups is 1. The Bertz CT molecular complexity index is 514. The molecule has 18 heavy (non-hydrogen) atoms. The number of sulfonamides is 1. The van der Waals surface area contributed by atoms with Crippen LogP contribution in [0.2, 0.25) is 0 Å². The maximum Gasteiger partial charge on any atom is 0.306 e. The molecule has 0 amide bonds. The third-order valence-electron chi connectivity index (χ3n) is 2.31. The number of esters is 1. The predicted molar refractivity (Wildman–Crippen MR) is 68.4 cm³/mol. The number of nitrogens with one attached hydrogen (secondary N) is 1. The van der Waals surface area contributed by atoms with Gasteiger partial charge in [-0.05, 0) is 11.6 Å². The van der Waals surface area contributed by atoms with Crippen LogP contribution in [0.3, 0.4) is 0 Å². The molecule has 6 nitrogen and oxygen atoms in total. The summed E-state index contributed by atoms with van der Waals surface area (Å²) in [6.45, 7) is 0.232. The number of hydrogen-bond acceptors (Lipinski definition) is 5. The van der Waals surface area contributed by atoms with Crippen LogP contribution in [0.15, 0.2) is 24.3 Å². The summed E-state index contributed by atoms with van der Waals surface area (Å²) < 4.78 is 30.2. The molecular formula is C11H16N2O4S. The van der Waals surface area contributed by atoms with Crippen molar-refractivity contribution < 1.29 is 17.9 Å². The van der Waals surface area contributed by atoms with Gasteiger partial charge in [0.2, 0.25) is 10.0 Å². The lowest BCUT2D eigenvalue weighted by molar-refractivity contribution is -0.140. The van der Waals surface area contributed by atoms with E-state index in [-0.39, 0.29) is 18.7 Å². The smallest absolute Gasteiger partial charge is 0.306 e. The highest BCUT2D eigenvalue weighted by atomic mass is 32.2. The number of ether oxygens (including phenoxy) is 1. The Morgan fingerprint density at radius 2 is 2.06 bits per heavy atom. The van der Waals surface area contributed by atoms with E-state index in [9.17, 15) is 13.2 Å². The Kier molecular flexibility index (Phi) is 5.11. The number of nitrogens with two attached hydrogens (primary N) is 1. The van der Waals surface area contributed by atoms with Gasteiger partial charge < -0.3 is 10.5 Å². The minimum absolute atomic E-state index is 0.184. The highest BCUT2D eigenvalue weighted by Crippen LogP contribution is 2.16. The van der Waals surface area contributed by atoms with Gasteiger partial charge in [-0.2, -0.15) is 0 Å². The molecule has 0 aliphatic carbocycles. The first-order valence-electron chi connectivity index (χ1n) is 5.34. The fraction of sp³-hybridized carbons (Fsp3) is 0.364. The zero-order valence-electron chi connectivity index (χ0n) is 10.0. The van der Waals surface area contributed by atoms with E-state index in [1.165, 1.54) is 7.11 Å². The van der Waals surface area contributed by atoms with E-state index in [1.54, 1.807) is 24.3 Å². The number of carbonyl (C=O) groups excluding carboxylic acids is 1. The largest absolute Gasteiger partial charge is 0.469 e. The third kappa shape index (κ3) is 4.34. The zero-order chi connectivity index (χ0) is 13.6. The standard InChI is InChI=1S/C11H16N2O4S/c1-17-11(14)6-7-18(15,16)13-10-5-3-2-4-9(10)8-12/h2-5,13H,6-8,12H2,1H3. The molecule has 0 bridgehead atoms. The van der Waals surface area contributed by atoms with Gasteiger partial charge in [0, 0.05) is 6.54 Å². The van der Waals surface area contributed by atoms with Crippen LogP contribution in [-0.2, 0) is 26.1 Å². The number of methoxy groups -OCH3 is 1. The van der Waals surface area contributed by atoms with E-state index < -0.39 is 16.0 Å². The molecule has 7 heteroatoms. The number of para-hydroxylation sites is 1. The molecule has 3 N–H and O–H groups in total. The maximum absolute atomic E-state index is 11.7. The molecule has 0 aromatic heterocycles. The van der Waals surface area contributed by atoms with Gasteiger partial charge in [0.1, 0.15) is 0 Å². The normalized spacial score (nSPS) is 11.0. The molecule has 0 aliphatic heterocycles. The minimum atomic E-state index is -3.58. The van der Waals surface area contributed by atoms with Crippen molar-refractivity contribution in [3.8, 4) is 0 Å². The Morgan fingerprint density at radius 1 is 1.39 bits per heavy atom. The van der Waals surface area contributed by atoms with Crippen molar-refractivity contribution in [2.24, 2.45) is 5.73 Å². The second kappa shape index (κ2) is 6.36. The predicted octanol–water partition coefficient (Wildman–Crippen LogP) is 0.450. The summed E-state index contributed by atoms with van der Waals surface area (Å²) in [7, 11) is -2.36. The molecule has 0 atom stereocenters. The topological polar surface area (TPSA) is 98.5 Å². The van der Waals surface area contributed by atoms with Gasteiger partial charge in [-0.3, -0.25) is 9.52 Å². The van der Waals surface area contributed by atoms with Crippen LogP contribution in [0.5, 0.6) is 0 Å². The van der Waals surface area contributed by atoms with Gasteiger partial charge in [-0.15, -0.1) is 0 Å². The van der Waals surface area contributed by atoms with Gasteiger partial charge in [-0.1, -0.05) is 18.2 Å². The second-order valence-corrected chi connectivity index (χ2v) is 5.45. The molecular weight excluding hydrogens is 256 g/mol. The summed E-state index contributed by atoms with van der Waals surface area (Å²) in [6, 6.07) is 6.84. The highest BCUT2D eigenvalue weighted by Gasteiger charge is 2.14. The molecule has 0 heterocycles. The average Bonchev–Trinajstić information content (AvgIpc) is 2.36. The first-order chi connectivity index (χ1) is 8.48. The lowest BCUT2D eigenvalue weighted by Gasteiger charge is -2.10. The van der Waals surface area contributed by atoms with Crippen LogP contribution in [-0.4, -0.2) is 27.2 Å². The summed E-state index contributed by atoms with van der Waals surface area (Å²) in [6.07, 6.45) is -0.184. The lowest BCUT2D eigenvalue weighted by atomic mass is 10.2. The zero-order valence-corrected chi connectivity index (χ0v) is 10.9. The Hall–Kier alpha value is -1.60. The third-order valence-corrected chi connectivity index (χ3v) is 3.58. The second-order valence-electron chi connectivity index (χ2n) is 3.61. The highest BCUT2D eigenvalue weighted by molar-refractivity contribution is 7.92. The van der Waals surface area contributed by atoms with E-state index in [1.807, 2.05) is 0 Å². The molecule has 0 unspecified atom stereocenters. The minimum Gasteiger partial charge on any atom is -0.469 e. The first-order valence-corrected chi connectivity index (χ1v) is 6.99. The Balaban J connectivity index is 2.73. The summed E-state index contributed by atoms with van der Waals surface area (Å²) in [4.78, 5) is 10.9. The van der Waals surface area contributed by atoms with Gasteiger partial charge in [0.25, 0.3) is 0 Å². The van der Waals surface area contributed by atoms with Crippen molar-refractivity contribution in [1.82, 2.24) is 0 Å². The van der Waals surface area contributed by atoms with Gasteiger partial charge in [-0.25, -0.2) is 8.42 Å². The van der Waals surface area contributed by atoms with Crippen molar-refractivity contribution in [2.45, 2.75) is 13.0 Å². The fourth-order valence-corrected chi connectivity index (χ4v) is 2.41. The van der Waals surface area contributed by atoms with Crippen molar-refractivity contribution >= 4 is 21.7 Å². The molecule has 1 aromatic carbocycles. The van der Waals surface area contributed by atoms with E-state index >= 15 is 0 Å². The van der Waals surface area contributed by atoms with Crippen molar-refractivity contribution in [3.05, 3.63) is 29.8 Å². The van der Waals surface area contributed by atoms with Crippen LogP contribution in [0.1, 0.15) is 12.0 Å². The summed E-state index contributed by atoms with van der Waals surface area (Å²) in [5.74, 6) is -0.883. The van der Waals surface area contributed by atoms with Crippen molar-refractivity contribution in [2.75, 3.05) is 17.6 Å². The van der Waals surface area contributed by atoms with Crippen LogP contribution in [0, 0.1) is 0 Å². The number of hydrogen-bond donors (Lipinski definition) is 2. The van der Waals surface area contributed by atoms with E-state index in [0.717, 1.165) is 0 Å². The van der Waals surface area contributed by atoms with E-state index in [4.69, 9.17) is 5.73 Å². The summed E-state index contributed by atoms with van der Waals surface area (Å²) >= 11 is 0. The number of anilines is 1. The molecule has 0 fully saturated rings. The Labute approximate surface area is 106 Å². The van der Waals surface area contributed by atoms with Crippen LogP contribution < -0.4 is 10.5 Å². The van der Waals surface area contributed by atoms with Crippen LogP contribution >= 0.6 is 0 Å².